The summed E-state index contributed by atoms with van der Waals surface area (Å²) in [5, 5.41) is 8.72. The highest BCUT2D eigenvalue weighted by Crippen LogP contribution is 2.30. The maximum Gasteiger partial charge on any atom is 0.235 e. The van der Waals surface area contributed by atoms with Crippen LogP contribution in [-0.4, -0.2) is 39.1 Å². The second kappa shape index (κ2) is 7.20. The maximum absolute atomic E-state index is 11.7. The summed E-state index contributed by atoms with van der Waals surface area (Å²) in [6.07, 6.45) is 0. The number of aliphatic hydroxyl groups is 1. The minimum Gasteiger partial charge on any atom is -0.494 e. The molecule has 0 heterocycles. The van der Waals surface area contributed by atoms with Crippen LogP contribution >= 0.6 is 0 Å². The Morgan fingerprint density at radius 2 is 1.89 bits per heavy atom. The van der Waals surface area contributed by atoms with Crippen molar-refractivity contribution < 1.29 is 23.0 Å². The summed E-state index contributed by atoms with van der Waals surface area (Å²) < 4.78 is 36.4. The molecule has 0 saturated heterocycles. The summed E-state index contributed by atoms with van der Waals surface area (Å²) >= 11 is 0. The lowest BCUT2D eigenvalue weighted by Crippen LogP contribution is -2.19. The molecule has 1 aromatic rings. The Hall–Kier alpha value is -1.47. The Labute approximate surface area is 113 Å². The number of anilines is 1. The first-order valence-electron chi connectivity index (χ1n) is 6.03. The van der Waals surface area contributed by atoms with E-state index in [1.165, 1.54) is 0 Å². The average molecular weight is 289 g/mol. The van der Waals surface area contributed by atoms with E-state index in [2.05, 4.69) is 4.72 Å². The summed E-state index contributed by atoms with van der Waals surface area (Å²) in [6.45, 7) is 4.11. The van der Waals surface area contributed by atoms with Gasteiger partial charge in [-0.25, -0.2) is 8.42 Å². The van der Waals surface area contributed by atoms with Gasteiger partial charge in [0, 0.05) is 6.07 Å². The van der Waals surface area contributed by atoms with Crippen molar-refractivity contribution in [3.63, 3.8) is 0 Å². The second-order valence-electron chi connectivity index (χ2n) is 3.67. The molecule has 0 unspecified atom stereocenters. The van der Waals surface area contributed by atoms with Crippen molar-refractivity contribution in [2.24, 2.45) is 0 Å². The van der Waals surface area contributed by atoms with Gasteiger partial charge in [-0.1, -0.05) is 0 Å². The Kier molecular flexibility index (Phi) is 5.91. The number of aliphatic hydroxyl groups excluding tert-OH is 1. The SMILES string of the molecule is CCOc1ccc(OCC)c(NS(=O)(=O)CCO)c1. The third-order valence-corrected chi connectivity index (χ3v) is 3.44. The summed E-state index contributed by atoms with van der Waals surface area (Å²) in [4.78, 5) is 0. The highest BCUT2D eigenvalue weighted by atomic mass is 32.2. The highest BCUT2D eigenvalue weighted by molar-refractivity contribution is 7.92. The smallest absolute Gasteiger partial charge is 0.235 e. The topological polar surface area (TPSA) is 84.9 Å². The van der Waals surface area contributed by atoms with Crippen LogP contribution in [0.2, 0.25) is 0 Å². The van der Waals surface area contributed by atoms with Gasteiger partial charge < -0.3 is 14.6 Å². The predicted octanol–water partition coefficient (Wildman–Crippen LogP) is 1.22. The van der Waals surface area contributed by atoms with Crippen LogP contribution in [0.1, 0.15) is 13.8 Å². The van der Waals surface area contributed by atoms with E-state index >= 15 is 0 Å². The van der Waals surface area contributed by atoms with E-state index in [1.807, 2.05) is 13.8 Å². The second-order valence-corrected chi connectivity index (χ2v) is 5.51. The van der Waals surface area contributed by atoms with Gasteiger partial charge in [0.2, 0.25) is 10.0 Å². The van der Waals surface area contributed by atoms with Gasteiger partial charge in [0.05, 0.1) is 31.3 Å². The van der Waals surface area contributed by atoms with Gasteiger partial charge in [-0.15, -0.1) is 0 Å². The highest BCUT2D eigenvalue weighted by Gasteiger charge is 2.14. The Balaban J connectivity index is 3.03. The fourth-order valence-electron chi connectivity index (χ4n) is 1.47. The van der Waals surface area contributed by atoms with E-state index in [1.54, 1.807) is 18.2 Å². The van der Waals surface area contributed by atoms with E-state index in [0.29, 0.717) is 30.4 Å². The van der Waals surface area contributed by atoms with Gasteiger partial charge in [-0.05, 0) is 26.0 Å². The van der Waals surface area contributed by atoms with Crippen molar-refractivity contribution in [1.29, 1.82) is 0 Å². The molecule has 0 amide bonds. The molecular formula is C12H19NO5S. The first-order chi connectivity index (χ1) is 9.02. The van der Waals surface area contributed by atoms with Crippen molar-refractivity contribution in [2.75, 3.05) is 30.3 Å². The minimum absolute atomic E-state index is 0.307. The number of benzene rings is 1. The monoisotopic (exact) mass is 289 g/mol. The summed E-state index contributed by atoms with van der Waals surface area (Å²) in [6, 6.07) is 4.91. The molecule has 7 heteroatoms. The number of nitrogens with one attached hydrogen (secondary N) is 1. The lowest BCUT2D eigenvalue weighted by Gasteiger charge is -2.14. The van der Waals surface area contributed by atoms with Gasteiger partial charge in [-0.3, -0.25) is 4.72 Å². The summed E-state index contributed by atoms with van der Waals surface area (Å²) in [5.74, 6) is 0.609. The van der Waals surface area contributed by atoms with Gasteiger partial charge in [0.25, 0.3) is 0 Å². The third kappa shape index (κ3) is 4.96. The first-order valence-corrected chi connectivity index (χ1v) is 7.68. The van der Waals surface area contributed by atoms with Gasteiger partial charge in [0.15, 0.2) is 0 Å². The fraction of sp³-hybridized carbons (Fsp3) is 0.500. The van der Waals surface area contributed by atoms with Crippen LogP contribution in [0, 0.1) is 0 Å². The van der Waals surface area contributed by atoms with E-state index in [-0.39, 0.29) is 5.75 Å². The van der Waals surface area contributed by atoms with Crippen molar-refractivity contribution in [2.45, 2.75) is 13.8 Å². The molecule has 2 N–H and O–H groups in total. The van der Waals surface area contributed by atoms with Crippen molar-refractivity contribution in [3.05, 3.63) is 18.2 Å². The van der Waals surface area contributed by atoms with Crippen LogP contribution in [0.3, 0.4) is 0 Å². The Bertz CT molecular complexity index is 501. The van der Waals surface area contributed by atoms with Crippen molar-refractivity contribution in [3.8, 4) is 11.5 Å². The van der Waals surface area contributed by atoms with Crippen molar-refractivity contribution >= 4 is 15.7 Å². The quantitative estimate of drug-likeness (QED) is 0.751. The summed E-state index contributed by atoms with van der Waals surface area (Å²) in [7, 11) is -3.59. The molecule has 1 rings (SSSR count). The largest absolute Gasteiger partial charge is 0.494 e. The molecule has 19 heavy (non-hydrogen) atoms. The van der Waals surface area contributed by atoms with E-state index < -0.39 is 16.6 Å². The lowest BCUT2D eigenvalue weighted by atomic mass is 10.3. The molecule has 1 aromatic carbocycles. The van der Waals surface area contributed by atoms with Crippen LogP contribution in [-0.2, 0) is 10.0 Å². The number of rotatable bonds is 8. The van der Waals surface area contributed by atoms with Crippen LogP contribution in [0.4, 0.5) is 5.69 Å². The molecule has 108 valence electrons. The molecule has 0 saturated carbocycles. The molecule has 0 spiro atoms. The van der Waals surface area contributed by atoms with Crippen LogP contribution in [0.15, 0.2) is 18.2 Å². The molecule has 0 radical (unpaired) electrons. The molecular weight excluding hydrogens is 270 g/mol. The number of ether oxygens (including phenoxy) is 2. The third-order valence-electron chi connectivity index (χ3n) is 2.19. The molecule has 0 aliphatic heterocycles. The van der Waals surface area contributed by atoms with Gasteiger partial charge in [-0.2, -0.15) is 0 Å². The Morgan fingerprint density at radius 3 is 2.47 bits per heavy atom. The number of hydrogen-bond donors (Lipinski definition) is 2. The molecule has 0 aliphatic carbocycles. The van der Waals surface area contributed by atoms with Gasteiger partial charge >= 0.3 is 0 Å². The first kappa shape index (κ1) is 15.6. The fourth-order valence-corrected chi connectivity index (χ4v) is 2.30. The zero-order valence-electron chi connectivity index (χ0n) is 11.0. The average Bonchev–Trinajstić information content (AvgIpc) is 2.32. The molecule has 0 aromatic heterocycles. The number of hydrogen-bond acceptors (Lipinski definition) is 5. The zero-order chi connectivity index (χ0) is 14.3. The molecule has 0 aliphatic rings. The predicted molar refractivity (Wildman–Crippen MR) is 73.3 cm³/mol. The van der Waals surface area contributed by atoms with E-state index in [4.69, 9.17) is 14.6 Å². The molecule has 0 fully saturated rings. The Morgan fingerprint density at radius 1 is 1.21 bits per heavy atom. The molecule has 0 bridgehead atoms. The van der Waals surface area contributed by atoms with Crippen LogP contribution in [0.25, 0.3) is 0 Å². The van der Waals surface area contributed by atoms with Crippen LogP contribution in [0.5, 0.6) is 11.5 Å². The number of sulfonamides is 1. The van der Waals surface area contributed by atoms with E-state index in [9.17, 15) is 8.42 Å². The summed E-state index contributed by atoms with van der Waals surface area (Å²) in [5.41, 5.74) is 0.307. The van der Waals surface area contributed by atoms with E-state index in [0.717, 1.165) is 0 Å². The van der Waals surface area contributed by atoms with Crippen molar-refractivity contribution in [1.82, 2.24) is 0 Å². The van der Waals surface area contributed by atoms with Gasteiger partial charge in [0.1, 0.15) is 11.5 Å². The molecule has 6 nitrogen and oxygen atoms in total. The maximum atomic E-state index is 11.7. The normalized spacial score (nSPS) is 11.1. The standard InChI is InChI=1S/C12H19NO5S/c1-3-17-10-5-6-12(18-4-2)11(9-10)13-19(15,16)8-7-14/h5-6,9,13-14H,3-4,7-8H2,1-2H3. The van der Waals surface area contributed by atoms with Crippen LogP contribution < -0.4 is 14.2 Å². The zero-order valence-corrected chi connectivity index (χ0v) is 11.9. The molecule has 0 atom stereocenters. The minimum atomic E-state index is -3.59. The lowest BCUT2D eigenvalue weighted by molar-refractivity contribution is 0.319.